The Morgan fingerprint density at radius 3 is 2.69 bits per heavy atom. The molecule has 1 aromatic carbocycles. The van der Waals surface area contributed by atoms with Crippen LogP contribution in [-0.2, 0) is 16.0 Å². The molecule has 36 heavy (non-hydrogen) atoms. The molecule has 1 saturated heterocycles. The summed E-state index contributed by atoms with van der Waals surface area (Å²) in [6, 6.07) is 5.87. The van der Waals surface area contributed by atoms with Crippen LogP contribution in [0, 0.1) is 11.3 Å². The zero-order chi connectivity index (χ0) is 26.3. The van der Waals surface area contributed by atoms with E-state index >= 15 is 0 Å². The molecule has 3 atom stereocenters. The predicted octanol–water partition coefficient (Wildman–Crippen LogP) is 4.06. The average molecular weight is 500 g/mol. The molecular weight excluding hydrogens is 454 g/mol. The van der Waals surface area contributed by atoms with E-state index in [9.17, 15) is 14.7 Å². The molecule has 2 aliphatic heterocycles. The Labute approximate surface area is 216 Å². The third-order valence-electron chi connectivity index (χ3n) is 7.63. The third-order valence-corrected chi connectivity index (χ3v) is 7.63. The topological polar surface area (TPSA) is 96.1 Å². The number of carboxylic acid groups (broad SMARTS) is 1. The number of rotatable bonds is 13. The van der Waals surface area contributed by atoms with Crippen molar-refractivity contribution in [2.45, 2.75) is 71.8 Å². The van der Waals surface area contributed by atoms with Gasteiger partial charge in [-0.15, -0.1) is 0 Å². The van der Waals surface area contributed by atoms with Crippen LogP contribution in [0.15, 0.2) is 30.4 Å². The van der Waals surface area contributed by atoms with Gasteiger partial charge in [-0.05, 0) is 55.3 Å². The van der Waals surface area contributed by atoms with E-state index < -0.39 is 11.9 Å². The molecule has 1 aromatic rings. The van der Waals surface area contributed by atoms with E-state index in [4.69, 9.17) is 10.5 Å². The summed E-state index contributed by atoms with van der Waals surface area (Å²) in [4.78, 5) is 30.3. The first kappa shape index (κ1) is 28.2. The van der Waals surface area contributed by atoms with Gasteiger partial charge in [-0.2, -0.15) is 0 Å². The minimum absolute atomic E-state index is 0.0675. The van der Waals surface area contributed by atoms with Crippen molar-refractivity contribution in [1.29, 1.82) is 0 Å². The molecule has 3 unspecified atom stereocenters. The number of unbranched alkanes of at least 4 members (excludes halogenated alkanes) is 1. The van der Waals surface area contributed by atoms with Crippen LogP contribution in [0.3, 0.4) is 0 Å². The summed E-state index contributed by atoms with van der Waals surface area (Å²) >= 11 is 0. The molecule has 1 amide bonds. The van der Waals surface area contributed by atoms with Crippen molar-refractivity contribution in [3.8, 4) is 5.75 Å². The Balaban J connectivity index is 1.91. The Morgan fingerprint density at radius 1 is 1.28 bits per heavy atom. The molecular formula is C29H45N3O4. The number of fused-ring (bicyclic) bond motifs is 1. The Morgan fingerprint density at radius 2 is 2.03 bits per heavy atom. The molecule has 3 N–H and O–H groups in total. The second-order valence-corrected chi connectivity index (χ2v) is 11.0. The maximum atomic E-state index is 13.5. The molecule has 1 fully saturated rings. The number of carbonyl (C=O) groups is 2. The number of hydrogen-bond acceptors (Lipinski definition) is 5. The summed E-state index contributed by atoms with van der Waals surface area (Å²) in [6.45, 7) is 11.8. The lowest BCUT2D eigenvalue weighted by molar-refractivity contribution is -0.144. The maximum absolute atomic E-state index is 13.5. The van der Waals surface area contributed by atoms with Crippen molar-refractivity contribution in [1.82, 2.24) is 9.80 Å². The van der Waals surface area contributed by atoms with Crippen molar-refractivity contribution in [3.05, 3.63) is 41.5 Å². The molecule has 0 spiro atoms. The summed E-state index contributed by atoms with van der Waals surface area (Å²) in [7, 11) is 0. The summed E-state index contributed by atoms with van der Waals surface area (Å²) in [6.07, 6.45) is 8.42. The Kier molecular flexibility index (Phi) is 9.97. The zero-order valence-electron chi connectivity index (χ0n) is 22.5. The predicted molar refractivity (Wildman–Crippen MR) is 143 cm³/mol. The second-order valence-electron chi connectivity index (χ2n) is 11.0. The largest absolute Gasteiger partial charge is 0.493 e. The van der Waals surface area contributed by atoms with Gasteiger partial charge in [0.1, 0.15) is 5.75 Å². The van der Waals surface area contributed by atoms with Crippen LogP contribution in [0.2, 0.25) is 0 Å². The second kappa shape index (κ2) is 12.7. The first-order chi connectivity index (χ1) is 17.2. The Hall–Kier alpha value is -2.38. The van der Waals surface area contributed by atoms with E-state index in [0.717, 1.165) is 42.6 Å². The van der Waals surface area contributed by atoms with Gasteiger partial charge in [0.25, 0.3) is 0 Å². The number of allylic oxidation sites excluding steroid dienone is 2. The van der Waals surface area contributed by atoms with Crippen molar-refractivity contribution in [2.75, 3.05) is 39.3 Å². The van der Waals surface area contributed by atoms with Gasteiger partial charge >= 0.3 is 5.97 Å². The van der Waals surface area contributed by atoms with E-state index in [1.807, 2.05) is 30.0 Å². The first-order valence-corrected chi connectivity index (χ1v) is 13.5. The van der Waals surface area contributed by atoms with Crippen molar-refractivity contribution >= 4 is 11.9 Å². The fourth-order valence-corrected chi connectivity index (χ4v) is 5.85. The fourth-order valence-electron chi connectivity index (χ4n) is 5.85. The van der Waals surface area contributed by atoms with E-state index in [-0.39, 0.29) is 29.8 Å². The number of likely N-dealkylation sites (tertiary alicyclic amines) is 1. The average Bonchev–Trinajstić information content (AvgIpc) is 3.43. The highest BCUT2D eigenvalue weighted by Crippen LogP contribution is 2.43. The lowest BCUT2D eigenvalue weighted by atomic mass is 9.77. The lowest BCUT2D eigenvalue weighted by Gasteiger charge is -2.34. The number of nitrogens with two attached hydrogens (primary N) is 1. The molecule has 7 heteroatoms. The van der Waals surface area contributed by atoms with Crippen LogP contribution in [0.5, 0.6) is 5.75 Å². The van der Waals surface area contributed by atoms with Crippen LogP contribution < -0.4 is 10.5 Å². The van der Waals surface area contributed by atoms with Crippen LogP contribution in [0.4, 0.5) is 0 Å². The highest BCUT2D eigenvalue weighted by Gasteiger charge is 2.48. The minimum Gasteiger partial charge on any atom is -0.493 e. The van der Waals surface area contributed by atoms with Gasteiger partial charge in [-0.3, -0.25) is 14.5 Å². The van der Waals surface area contributed by atoms with Crippen molar-refractivity contribution in [3.63, 3.8) is 0 Å². The molecule has 2 heterocycles. The monoisotopic (exact) mass is 499 g/mol. The van der Waals surface area contributed by atoms with Crippen LogP contribution in [0.25, 0.3) is 0 Å². The summed E-state index contributed by atoms with van der Waals surface area (Å²) in [5.74, 6) is -0.596. The summed E-state index contributed by atoms with van der Waals surface area (Å²) < 4.78 is 5.68. The van der Waals surface area contributed by atoms with E-state index in [2.05, 4.69) is 37.8 Å². The van der Waals surface area contributed by atoms with Crippen LogP contribution in [0.1, 0.15) is 70.4 Å². The number of hydrogen-bond donors (Lipinski definition) is 2. The van der Waals surface area contributed by atoms with Gasteiger partial charge in [0.15, 0.2) is 0 Å². The quantitative estimate of drug-likeness (QED) is 0.398. The van der Waals surface area contributed by atoms with Gasteiger partial charge in [-0.1, -0.05) is 51.5 Å². The van der Waals surface area contributed by atoms with Crippen LogP contribution >= 0.6 is 0 Å². The molecule has 0 bridgehead atoms. The number of benzene rings is 1. The molecule has 0 aliphatic carbocycles. The standard InChI is InChI=1S/C29H45N3O4/c1-5-7-14-31(15-8-13-30)26(33)20-32-19-23(21-9-10-25-22(17-21)11-16-36-25)27(28(34)35)24(32)18-29(3,4)12-6-2/h6,9-10,12,17,23-24,27H,5,7-8,11,13-16,18-20,30H2,1-4H3,(H,34,35)/b12-6+. The van der Waals surface area contributed by atoms with Crippen molar-refractivity contribution in [2.24, 2.45) is 17.1 Å². The molecule has 0 saturated carbocycles. The lowest BCUT2D eigenvalue weighted by Crippen LogP contribution is -2.46. The molecule has 200 valence electrons. The van der Waals surface area contributed by atoms with Gasteiger partial charge < -0.3 is 20.5 Å². The molecule has 0 aromatic heterocycles. The number of aliphatic carboxylic acids is 1. The number of ether oxygens (including phenoxy) is 1. The fraction of sp³-hybridized carbons (Fsp3) is 0.655. The van der Waals surface area contributed by atoms with Gasteiger partial charge in [-0.25, -0.2) is 0 Å². The number of carboxylic acids is 1. The van der Waals surface area contributed by atoms with E-state index in [0.29, 0.717) is 39.2 Å². The number of carbonyl (C=O) groups excluding carboxylic acids is 1. The highest BCUT2D eigenvalue weighted by molar-refractivity contribution is 5.79. The third kappa shape index (κ3) is 6.88. The van der Waals surface area contributed by atoms with Gasteiger partial charge in [0.2, 0.25) is 5.91 Å². The molecule has 7 nitrogen and oxygen atoms in total. The number of nitrogens with zero attached hydrogens (tertiary/aromatic N) is 2. The van der Waals surface area contributed by atoms with E-state index in [1.165, 1.54) is 0 Å². The minimum atomic E-state index is -0.793. The first-order valence-electron chi connectivity index (χ1n) is 13.5. The van der Waals surface area contributed by atoms with Crippen molar-refractivity contribution < 1.29 is 19.4 Å². The SMILES string of the molecule is C/C=C/C(C)(C)CC1C(C(=O)O)C(c2ccc3c(c2)CCO3)CN1CC(=O)N(CCCC)CCCN. The van der Waals surface area contributed by atoms with Gasteiger partial charge in [0, 0.05) is 38.0 Å². The summed E-state index contributed by atoms with van der Waals surface area (Å²) in [5.41, 5.74) is 7.72. The molecule has 3 rings (SSSR count). The smallest absolute Gasteiger partial charge is 0.308 e. The normalized spacial score (nSPS) is 22.1. The number of amides is 1. The zero-order valence-corrected chi connectivity index (χ0v) is 22.5. The highest BCUT2D eigenvalue weighted by atomic mass is 16.5. The maximum Gasteiger partial charge on any atom is 0.308 e. The molecule has 2 aliphatic rings. The summed E-state index contributed by atoms with van der Waals surface area (Å²) in [5, 5.41) is 10.5. The van der Waals surface area contributed by atoms with E-state index in [1.54, 1.807) is 0 Å². The Bertz CT molecular complexity index is 921. The molecule has 0 radical (unpaired) electrons. The van der Waals surface area contributed by atoms with Gasteiger partial charge in [0.05, 0.1) is 19.1 Å². The van der Waals surface area contributed by atoms with Crippen LogP contribution in [-0.4, -0.2) is 72.2 Å².